The Hall–Kier alpha value is -2.14. The van der Waals surface area contributed by atoms with Crippen LogP contribution in [0.1, 0.15) is 44.1 Å². The highest BCUT2D eigenvalue weighted by molar-refractivity contribution is 9.10. The standard InChI is InChI=1S/C20H22BrN3O/c1-3-7-19(25)22-14(2)20-23-17-10-4-5-11-18(17)24(20)13-15-8-6-9-16(21)12-15/h4-6,8-12,14H,3,7,13H2,1-2H3,(H,22,25). The number of rotatable bonds is 6. The average molecular weight is 400 g/mol. The molecule has 1 heterocycles. The monoisotopic (exact) mass is 399 g/mol. The van der Waals surface area contributed by atoms with Gasteiger partial charge in [-0.2, -0.15) is 0 Å². The van der Waals surface area contributed by atoms with Crippen molar-refractivity contribution in [3.63, 3.8) is 0 Å². The lowest BCUT2D eigenvalue weighted by molar-refractivity contribution is -0.121. The van der Waals surface area contributed by atoms with Crippen LogP contribution in [0.4, 0.5) is 0 Å². The first-order valence-corrected chi connectivity index (χ1v) is 9.36. The Balaban J connectivity index is 1.98. The first-order valence-electron chi connectivity index (χ1n) is 8.57. The first kappa shape index (κ1) is 17.7. The van der Waals surface area contributed by atoms with Crippen molar-refractivity contribution < 1.29 is 4.79 Å². The van der Waals surface area contributed by atoms with E-state index in [-0.39, 0.29) is 11.9 Å². The van der Waals surface area contributed by atoms with Crippen molar-refractivity contribution in [2.45, 2.75) is 39.3 Å². The molecule has 0 aliphatic heterocycles. The number of hydrogen-bond acceptors (Lipinski definition) is 2. The molecule has 4 nitrogen and oxygen atoms in total. The van der Waals surface area contributed by atoms with Gasteiger partial charge in [-0.05, 0) is 43.2 Å². The van der Waals surface area contributed by atoms with Crippen molar-refractivity contribution in [1.82, 2.24) is 14.9 Å². The molecule has 1 unspecified atom stereocenters. The van der Waals surface area contributed by atoms with Gasteiger partial charge < -0.3 is 9.88 Å². The number of hydrogen-bond donors (Lipinski definition) is 1. The topological polar surface area (TPSA) is 46.9 Å². The van der Waals surface area contributed by atoms with E-state index in [1.54, 1.807) is 0 Å². The molecule has 3 aromatic rings. The molecule has 3 rings (SSSR count). The molecule has 1 amide bonds. The van der Waals surface area contributed by atoms with Crippen LogP contribution in [0.25, 0.3) is 11.0 Å². The lowest BCUT2D eigenvalue weighted by Gasteiger charge is -2.16. The summed E-state index contributed by atoms with van der Waals surface area (Å²) in [6, 6.07) is 16.2. The summed E-state index contributed by atoms with van der Waals surface area (Å²) in [5, 5.41) is 3.06. The van der Waals surface area contributed by atoms with Gasteiger partial charge in [0.2, 0.25) is 5.91 Å². The number of para-hydroxylation sites is 2. The third-order valence-corrected chi connectivity index (χ3v) is 4.65. The maximum atomic E-state index is 12.0. The SMILES string of the molecule is CCCC(=O)NC(C)c1nc2ccccc2n1Cc1cccc(Br)c1. The molecular weight excluding hydrogens is 378 g/mol. The predicted octanol–water partition coefficient (Wildman–Crippen LogP) is 4.82. The third kappa shape index (κ3) is 4.10. The number of halogens is 1. The molecular formula is C20H22BrN3O. The van der Waals surface area contributed by atoms with Crippen molar-refractivity contribution in [3.8, 4) is 0 Å². The number of aromatic nitrogens is 2. The number of carbonyl (C=O) groups is 1. The van der Waals surface area contributed by atoms with E-state index in [9.17, 15) is 4.79 Å². The van der Waals surface area contributed by atoms with Gasteiger partial charge in [0.1, 0.15) is 5.82 Å². The summed E-state index contributed by atoms with van der Waals surface area (Å²) in [7, 11) is 0. The minimum atomic E-state index is -0.140. The molecule has 25 heavy (non-hydrogen) atoms. The Morgan fingerprint density at radius 1 is 1.24 bits per heavy atom. The smallest absolute Gasteiger partial charge is 0.220 e. The highest BCUT2D eigenvalue weighted by Crippen LogP contribution is 2.23. The number of benzene rings is 2. The molecule has 0 aliphatic rings. The van der Waals surface area contributed by atoms with E-state index in [0.29, 0.717) is 13.0 Å². The quantitative estimate of drug-likeness (QED) is 0.645. The lowest BCUT2D eigenvalue weighted by Crippen LogP contribution is -2.28. The van der Waals surface area contributed by atoms with E-state index in [1.165, 1.54) is 5.56 Å². The molecule has 0 fully saturated rings. The van der Waals surface area contributed by atoms with Crippen LogP contribution in [-0.2, 0) is 11.3 Å². The normalized spacial score (nSPS) is 12.3. The van der Waals surface area contributed by atoms with E-state index in [2.05, 4.69) is 44.0 Å². The number of nitrogens with one attached hydrogen (secondary N) is 1. The molecule has 0 radical (unpaired) electrons. The summed E-state index contributed by atoms with van der Waals surface area (Å²) < 4.78 is 3.24. The van der Waals surface area contributed by atoms with Gasteiger partial charge in [-0.1, -0.05) is 47.1 Å². The van der Waals surface area contributed by atoms with Gasteiger partial charge in [-0.25, -0.2) is 4.98 Å². The Bertz CT molecular complexity index is 888. The van der Waals surface area contributed by atoms with Gasteiger partial charge >= 0.3 is 0 Å². The van der Waals surface area contributed by atoms with Gasteiger partial charge in [0.15, 0.2) is 0 Å². The molecule has 1 aromatic heterocycles. The van der Waals surface area contributed by atoms with Crippen molar-refractivity contribution in [2.75, 3.05) is 0 Å². The third-order valence-electron chi connectivity index (χ3n) is 4.16. The van der Waals surface area contributed by atoms with Crippen LogP contribution in [0.5, 0.6) is 0 Å². The molecule has 5 heteroatoms. The first-order chi connectivity index (χ1) is 12.1. The van der Waals surface area contributed by atoms with Gasteiger partial charge in [0, 0.05) is 17.4 Å². The van der Waals surface area contributed by atoms with Gasteiger partial charge in [-0.3, -0.25) is 4.79 Å². The summed E-state index contributed by atoms with van der Waals surface area (Å²) >= 11 is 3.53. The van der Waals surface area contributed by atoms with Crippen molar-refractivity contribution in [1.29, 1.82) is 0 Å². The Morgan fingerprint density at radius 2 is 2.04 bits per heavy atom. The van der Waals surface area contributed by atoms with Crippen LogP contribution in [0.2, 0.25) is 0 Å². The minimum absolute atomic E-state index is 0.0658. The maximum absolute atomic E-state index is 12.0. The number of fused-ring (bicyclic) bond motifs is 1. The van der Waals surface area contributed by atoms with E-state index < -0.39 is 0 Å². The summed E-state index contributed by atoms with van der Waals surface area (Å²) in [5.74, 6) is 0.946. The second-order valence-corrected chi connectivity index (χ2v) is 7.13. The zero-order valence-electron chi connectivity index (χ0n) is 14.5. The largest absolute Gasteiger partial charge is 0.346 e. The number of carbonyl (C=O) groups excluding carboxylic acids is 1. The van der Waals surface area contributed by atoms with Crippen molar-refractivity contribution in [3.05, 3.63) is 64.4 Å². The fourth-order valence-corrected chi connectivity index (χ4v) is 3.46. The highest BCUT2D eigenvalue weighted by atomic mass is 79.9. The Morgan fingerprint density at radius 3 is 2.80 bits per heavy atom. The summed E-state index contributed by atoms with van der Waals surface area (Å²) in [6.07, 6.45) is 1.38. The number of nitrogens with zero attached hydrogens (tertiary/aromatic N) is 2. The van der Waals surface area contributed by atoms with Crippen molar-refractivity contribution in [2.24, 2.45) is 0 Å². The van der Waals surface area contributed by atoms with Crippen molar-refractivity contribution >= 4 is 32.9 Å². The van der Waals surface area contributed by atoms with Gasteiger partial charge in [0.25, 0.3) is 0 Å². The zero-order valence-corrected chi connectivity index (χ0v) is 16.1. The van der Waals surface area contributed by atoms with Crippen LogP contribution in [-0.4, -0.2) is 15.5 Å². The molecule has 0 aliphatic carbocycles. The fourth-order valence-electron chi connectivity index (χ4n) is 3.01. The molecule has 0 spiro atoms. The average Bonchev–Trinajstić information content (AvgIpc) is 2.94. The van der Waals surface area contributed by atoms with Crippen LogP contribution in [0.15, 0.2) is 53.0 Å². The van der Waals surface area contributed by atoms with Gasteiger partial charge in [-0.15, -0.1) is 0 Å². The molecule has 0 bridgehead atoms. The maximum Gasteiger partial charge on any atom is 0.220 e. The van der Waals surface area contributed by atoms with Crippen LogP contribution in [0, 0.1) is 0 Å². The molecule has 130 valence electrons. The molecule has 1 atom stereocenters. The molecule has 0 saturated carbocycles. The highest BCUT2D eigenvalue weighted by Gasteiger charge is 2.18. The minimum Gasteiger partial charge on any atom is -0.346 e. The predicted molar refractivity (Wildman–Crippen MR) is 104 cm³/mol. The fraction of sp³-hybridized carbons (Fsp3) is 0.300. The van der Waals surface area contributed by atoms with E-state index in [4.69, 9.17) is 4.98 Å². The van der Waals surface area contributed by atoms with E-state index >= 15 is 0 Å². The summed E-state index contributed by atoms with van der Waals surface area (Å²) in [4.78, 5) is 16.8. The lowest BCUT2D eigenvalue weighted by atomic mass is 10.2. The van der Waals surface area contributed by atoms with Crippen LogP contribution in [0.3, 0.4) is 0 Å². The molecule has 0 saturated heterocycles. The molecule has 2 aromatic carbocycles. The van der Waals surface area contributed by atoms with E-state index in [1.807, 2.05) is 44.2 Å². The van der Waals surface area contributed by atoms with Crippen LogP contribution < -0.4 is 5.32 Å². The van der Waals surface area contributed by atoms with Crippen LogP contribution >= 0.6 is 15.9 Å². The summed E-state index contributed by atoms with van der Waals surface area (Å²) in [6.45, 7) is 4.71. The Labute approximate surface area is 156 Å². The molecule has 1 N–H and O–H groups in total. The second kappa shape index (κ2) is 7.83. The van der Waals surface area contributed by atoms with Gasteiger partial charge in [0.05, 0.1) is 17.1 Å². The second-order valence-electron chi connectivity index (χ2n) is 6.21. The zero-order chi connectivity index (χ0) is 17.8. The number of amides is 1. The number of imidazole rings is 1. The summed E-state index contributed by atoms with van der Waals surface area (Å²) in [5.41, 5.74) is 3.21. The van der Waals surface area contributed by atoms with E-state index in [0.717, 1.165) is 27.8 Å². The Kier molecular flexibility index (Phi) is 5.53.